The first-order valence-electron chi connectivity index (χ1n) is 5.67. The highest BCUT2D eigenvalue weighted by Crippen LogP contribution is 2.23. The lowest BCUT2D eigenvalue weighted by atomic mass is 10.2. The summed E-state index contributed by atoms with van der Waals surface area (Å²) >= 11 is 6.02. The van der Waals surface area contributed by atoms with E-state index >= 15 is 0 Å². The van der Waals surface area contributed by atoms with E-state index in [9.17, 15) is 0 Å². The maximum atomic E-state index is 8.81. The molecular weight excluding hydrogens is 220 g/mol. The van der Waals surface area contributed by atoms with E-state index < -0.39 is 0 Å². The number of halogens is 1. The molecule has 0 heterocycles. The number of benzene rings is 1. The van der Waals surface area contributed by atoms with Crippen molar-refractivity contribution in [1.29, 1.82) is 5.26 Å². The monoisotopic (exact) mass is 236 g/mol. The van der Waals surface area contributed by atoms with Gasteiger partial charge in [0.2, 0.25) is 0 Å². The van der Waals surface area contributed by atoms with E-state index in [-0.39, 0.29) is 0 Å². The van der Waals surface area contributed by atoms with Crippen LogP contribution in [-0.2, 0) is 0 Å². The van der Waals surface area contributed by atoms with Crippen LogP contribution in [0.4, 0.5) is 5.69 Å². The molecule has 1 rings (SSSR count). The normalized spacial score (nSPS) is 9.88. The van der Waals surface area contributed by atoms with Crippen LogP contribution in [-0.4, -0.2) is 13.1 Å². The Labute approximate surface area is 102 Å². The van der Waals surface area contributed by atoms with Gasteiger partial charge in [0, 0.05) is 18.8 Å². The van der Waals surface area contributed by atoms with Crippen LogP contribution < -0.4 is 4.90 Å². The van der Waals surface area contributed by atoms with Crippen molar-refractivity contribution in [2.75, 3.05) is 18.0 Å². The maximum Gasteiger partial charge on any atom is 0.101 e. The maximum absolute atomic E-state index is 8.81. The number of anilines is 1. The van der Waals surface area contributed by atoms with Crippen LogP contribution in [0.1, 0.15) is 32.3 Å². The highest BCUT2D eigenvalue weighted by Gasteiger charge is 2.07. The second-order valence-corrected chi connectivity index (χ2v) is 4.17. The van der Waals surface area contributed by atoms with E-state index in [2.05, 4.69) is 24.8 Å². The predicted octanol–water partition coefficient (Wildman–Crippen LogP) is 3.84. The van der Waals surface area contributed by atoms with E-state index in [1.807, 2.05) is 12.1 Å². The summed E-state index contributed by atoms with van der Waals surface area (Å²) in [7, 11) is 0. The minimum atomic E-state index is 0.539. The third kappa shape index (κ3) is 3.15. The van der Waals surface area contributed by atoms with Gasteiger partial charge in [0.1, 0.15) is 6.07 Å². The molecule has 0 saturated carbocycles. The summed E-state index contributed by atoms with van der Waals surface area (Å²) in [6.07, 6.45) is 2.22. The summed E-state index contributed by atoms with van der Waals surface area (Å²) in [5.74, 6) is 0. The highest BCUT2D eigenvalue weighted by molar-refractivity contribution is 6.32. The van der Waals surface area contributed by atoms with Crippen LogP contribution >= 0.6 is 11.6 Å². The molecule has 16 heavy (non-hydrogen) atoms. The first-order valence-corrected chi connectivity index (χ1v) is 6.05. The highest BCUT2D eigenvalue weighted by atomic mass is 35.5. The third-order valence-corrected chi connectivity index (χ3v) is 2.74. The van der Waals surface area contributed by atoms with Crippen molar-refractivity contribution in [2.24, 2.45) is 0 Å². The molecule has 0 amide bonds. The Kier molecular flexibility index (Phi) is 5.14. The first kappa shape index (κ1) is 12.9. The summed E-state index contributed by atoms with van der Waals surface area (Å²) in [5.41, 5.74) is 1.64. The molecule has 0 bridgehead atoms. The molecule has 3 heteroatoms. The summed E-state index contributed by atoms with van der Waals surface area (Å²) in [5, 5.41) is 9.35. The average molecular weight is 237 g/mol. The van der Waals surface area contributed by atoms with E-state index in [1.54, 1.807) is 6.07 Å². The minimum Gasteiger partial charge on any atom is -0.372 e. The Morgan fingerprint density at radius 1 is 1.25 bits per heavy atom. The van der Waals surface area contributed by atoms with Gasteiger partial charge in [-0.25, -0.2) is 0 Å². The molecule has 0 atom stereocenters. The van der Waals surface area contributed by atoms with Crippen LogP contribution in [0, 0.1) is 11.3 Å². The molecule has 0 N–H and O–H groups in total. The molecule has 0 aliphatic heterocycles. The lowest BCUT2D eigenvalue weighted by molar-refractivity contribution is 0.745. The minimum absolute atomic E-state index is 0.539. The zero-order valence-electron chi connectivity index (χ0n) is 9.83. The number of rotatable bonds is 5. The van der Waals surface area contributed by atoms with Gasteiger partial charge in [-0.1, -0.05) is 25.4 Å². The van der Waals surface area contributed by atoms with Gasteiger partial charge in [0.25, 0.3) is 0 Å². The largest absolute Gasteiger partial charge is 0.372 e. The lowest BCUT2D eigenvalue weighted by Crippen LogP contribution is -2.24. The van der Waals surface area contributed by atoms with Crippen molar-refractivity contribution in [1.82, 2.24) is 0 Å². The van der Waals surface area contributed by atoms with Crippen molar-refractivity contribution in [3.8, 4) is 6.07 Å². The van der Waals surface area contributed by atoms with E-state index in [0.717, 1.165) is 31.6 Å². The average Bonchev–Trinajstić information content (AvgIpc) is 2.28. The van der Waals surface area contributed by atoms with E-state index in [1.165, 1.54) is 0 Å². The van der Waals surface area contributed by atoms with Gasteiger partial charge in [-0.05, 0) is 31.0 Å². The summed E-state index contributed by atoms with van der Waals surface area (Å²) in [6.45, 7) is 6.37. The number of nitrogens with zero attached hydrogens (tertiary/aromatic N) is 2. The fourth-order valence-electron chi connectivity index (χ4n) is 1.70. The number of nitriles is 1. The predicted molar refractivity (Wildman–Crippen MR) is 69.0 cm³/mol. The zero-order valence-corrected chi connectivity index (χ0v) is 10.6. The van der Waals surface area contributed by atoms with Crippen LogP contribution in [0.2, 0.25) is 5.02 Å². The lowest BCUT2D eigenvalue weighted by Gasteiger charge is -2.24. The van der Waals surface area contributed by atoms with E-state index in [0.29, 0.717) is 10.6 Å². The molecule has 0 aliphatic carbocycles. The van der Waals surface area contributed by atoms with Gasteiger partial charge >= 0.3 is 0 Å². The molecule has 0 aliphatic rings. The van der Waals surface area contributed by atoms with E-state index in [4.69, 9.17) is 16.9 Å². The molecule has 0 unspecified atom stereocenters. The smallest absolute Gasteiger partial charge is 0.101 e. The first-order chi connectivity index (χ1) is 7.72. The molecule has 0 spiro atoms. The summed E-state index contributed by atoms with van der Waals surface area (Å²) in [4.78, 5) is 2.30. The van der Waals surface area contributed by atoms with Crippen LogP contribution in [0.25, 0.3) is 0 Å². The van der Waals surface area contributed by atoms with Gasteiger partial charge in [0.05, 0.1) is 10.6 Å². The standard InChI is InChI=1S/C13H17ClN2/c1-3-7-16(8-4-2)12-6-5-11(10-15)13(14)9-12/h5-6,9H,3-4,7-8H2,1-2H3. The Bertz CT molecular complexity index is 376. The molecule has 0 aromatic heterocycles. The van der Waals surface area contributed by atoms with Crippen molar-refractivity contribution >= 4 is 17.3 Å². The molecular formula is C13H17ClN2. The number of hydrogen-bond acceptors (Lipinski definition) is 2. The third-order valence-electron chi connectivity index (χ3n) is 2.43. The molecule has 0 fully saturated rings. The Morgan fingerprint density at radius 2 is 1.88 bits per heavy atom. The van der Waals surface area contributed by atoms with Crippen molar-refractivity contribution in [3.63, 3.8) is 0 Å². The summed E-state index contributed by atoms with van der Waals surface area (Å²) in [6, 6.07) is 7.71. The summed E-state index contributed by atoms with van der Waals surface area (Å²) < 4.78 is 0. The Hall–Kier alpha value is -1.20. The second kappa shape index (κ2) is 6.40. The van der Waals surface area contributed by atoms with Gasteiger partial charge in [-0.15, -0.1) is 0 Å². The fourth-order valence-corrected chi connectivity index (χ4v) is 1.92. The van der Waals surface area contributed by atoms with Crippen molar-refractivity contribution in [3.05, 3.63) is 28.8 Å². The quantitative estimate of drug-likeness (QED) is 0.777. The molecule has 86 valence electrons. The second-order valence-electron chi connectivity index (χ2n) is 3.76. The van der Waals surface area contributed by atoms with Gasteiger partial charge in [0.15, 0.2) is 0 Å². The van der Waals surface area contributed by atoms with Crippen molar-refractivity contribution < 1.29 is 0 Å². The molecule has 0 radical (unpaired) electrons. The Morgan fingerprint density at radius 3 is 2.31 bits per heavy atom. The Balaban J connectivity index is 2.93. The topological polar surface area (TPSA) is 27.0 Å². The molecule has 1 aromatic carbocycles. The molecule has 0 saturated heterocycles. The van der Waals surface area contributed by atoms with Crippen LogP contribution in [0.5, 0.6) is 0 Å². The van der Waals surface area contributed by atoms with Gasteiger partial charge in [-0.3, -0.25) is 0 Å². The fraction of sp³-hybridized carbons (Fsp3) is 0.462. The zero-order chi connectivity index (χ0) is 12.0. The van der Waals surface area contributed by atoms with Crippen LogP contribution in [0.15, 0.2) is 18.2 Å². The number of hydrogen-bond donors (Lipinski definition) is 0. The van der Waals surface area contributed by atoms with Crippen LogP contribution in [0.3, 0.4) is 0 Å². The SMILES string of the molecule is CCCN(CCC)c1ccc(C#N)c(Cl)c1. The van der Waals surface area contributed by atoms with Crippen molar-refractivity contribution in [2.45, 2.75) is 26.7 Å². The van der Waals surface area contributed by atoms with Gasteiger partial charge < -0.3 is 4.90 Å². The van der Waals surface area contributed by atoms with Gasteiger partial charge in [-0.2, -0.15) is 5.26 Å². The molecule has 1 aromatic rings. The molecule has 2 nitrogen and oxygen atoms in total.